The first-order valence-corrected chi connectivity index (χ1v) is 6.14. The van der Waals surface area contributed by atoms with Crippen molar-refractivity contribution in [2.45, 2.75) is 45.3 Å². The molecule has 1 fully saturated rings. The predicted molar refractivity (Wildman–Crippen MR) is 63.9 cm³/mol. The lowest BCUT2D eigenvalue weighted by Gasteiger charge is -2.37. The lowest BCUT2D eigenvalue weighted by molar-refractivity contribution is 0.0687. The van der Waals surface area contributed by atoms with E-state index in [2.05, 4.69) is 18.7 Å². The minimum Gasteiger partial charge on any atom is -0.380 e. The summed E-state index contributed by atoms with van der Waals surface area (Å²) in [6.07, 6.45) is 3.97. The van der Waals surface area contributed by atoms with Gasteiger partial charge in [-0.25, -0.2) is 0 Å². The number of nitrogens with two attached hydrogens (primary N) is 1. The maximum Gasteiger partial charge on any atom is 0.0705 e. The molecule has 0 spiro atoms. The van der Waals surface area contributed by atoms with Crippen LogP contribution in [-0.2, 0) is 4.74 Å². The molecule has 0 radical (unpaired) electrons. The molecule has 1 saturated heterocycles. The number of piperidine rings is 1. The highest BCUT2D eigenvalue weighted by Crippen LogP contribution is 2.22. The van der Waals surface area contributed by atoms with Crippen LogP contribution in [-0.4, -0.2) is 43.8 Å². The van der Waals surface area contributed by atoms with E-state index in [4.69, 9.17) is 10.5 Å². The van der Waals surface area contributed by atoms with Crippen LogP contribution in [0.1, 0.15) is 33.1 Å². The van der Waals surface area contributed by atoms with Gasteiger partial charge in [0.15, 0.2) is 0 Å². The van der Waals surface area contributed by atoms with Crippen LogP contribution in [0.3, 0.4) is 0 Å². The lowest BCUT2D eigenvalue weighted by Crippen LogP contribution is -2.42. The fourth-order valence-corrected chi connectivity index (χ4v) is 2.43. The molecular formula is C12H26N2O. The van der Waals surface area contributed by atoms with Crippen LogP contribution >= 0.6 is 0 Å². The van der Waals surface area contributed by atoms with E-state index in [1.165, 1.54) is 19.4 Å². The smallest absolute Gasteiger partial charge is 0.0705 e. The molecule has 90 valence electrons. The lowest BCUT2D eigenvalue weighted by atomic mass is 9.93. The molecule has 1 heterocycles. The van der Waals surface area contributed by atoms with Gasteiger partial charge in [0.1, 0.15) is 0 Å². The normalized spacial score (nSPS) is 30.4. The van der Waals surface area contributed by atoms with Crippen LogP contribution in [0.25, 0.3) is 0 Å². The molecule has 3 nitrogen and oxygen atoms in total. The van der Waals surface area contributed by atoms with E-state index >= 15 is 0 Å². The summed E-state index contributed by atoms with van der Waals surface area (Å²) in [6.45, 7) is 7.69. The third-order valence-corrected chi connectivity index (χ3v) is 3.61. The van der Waals surface area contributed by atoms with Gasteiger partial charge in [-0.05, 0) is 38.6 Å². The molecule has 1 aliphatic rings. The van der Waals surface area contributed by atoms with Crippen LogP contribution in [0.2, 0.25) is 0 Å². The number of nitrogens with zero attached hydrogens (tertiary/aromatic N) is 1. The van der Waals surface area contributed by atoms with Crippen molar-refractivity contribution in [2.75, 3.05) is 26.7 Å². The van der Waals surface area contributed by atoms with E-state index in [-0.39, 0.29) is 6.10 Å². The predicted octanol–water partition coefficient (Wildman–Crippen LogP) is 1.47. The van der Waals surface area contributed by atoms with E-state index in [9.17, 15) is 0 Å². The second kappa shape index (κ2) is 6.46. The van der Waals surface area contributed by atoms with Gasteiger partial charge in [-0.3, -0.25) is 0 Å². The summed E-state index contributed by atoms with van der Waals surface area (Å²) >= 11 is 0. The molecule has 0 aromatic heterocycles. The molecule has 1 aliphatic heterocycles. The highest BCUT2D eigenvalue weighted by atomic mass is 16.5. The molecule has 2 N–H and O–H groups in total. The molecule has 0 bridgehead atoms. The highest BCUT2D eigenvalue weighted by Gasteiger charge is 2.22. The number of hydrogen-bond acceptors (Lipinski definition) is 3. The van der Waals surface area contributed by atoms with Gasteiger partial charge in [-0.1, -0.05) is 6.92 Å². The van der Waals surface area contributed by atoms with Gasteiger partial charge in [0, 0.05) is 26.2 Å². The quantitative estimate of drug-likeness (QED) is 0.753. The molecule has 3 unspecified atom stereocenters. The summed E-state index contributed by atoms with van der Waals surface area (Å²) in [5, 5.41) is 0. The summed E-state index contributed by atoms with van der Waals surface area (Å²) in [7, 11) is 1.75. The molecule has 15 heavy (non-hydrogen) atoms. The molecule has 0 amide bonds. The zero-order valence-corrected chi connectivity index (χ0v) is 10.4. The number of ether oxygens (including phenoxy) is 1. The minimum atomic E-state index is 0.233. The van der Waals surface area contributed by atoms with Gasteiger partial charge in [-0.2, -0.15) is 0 Å². The Hall–Kier alpha value is -0.120. The first-order chi connectivity index (χ1) is 7.17. The van der Waals surface area contributed by atoms with Gasteiger partial charge < -0.3 is 15.4 Å². The molecule has 3 heteroatoms. The summed E-state index contributed by atoms with van der Waals surface area (Å²) in [4.78, 5) is 2.57. The van der Waals surface area contributed by atoms with Crippen molar-refractivity contribution >= 4 is 0 Å². The maximum atomic E-state index is 5.61. The van der Waals surface area contributed by atoms with Gasteiger partial charge >= 0.3 is 0 Å². The topological polar surface area (TPSA) is 38.5 Å². The van der Waals surface area contributed by atoms with Gasteiger partial charge in [0.05, 0.1) is 6.10 Å². The molecule has 1 rings (SSSR count). The zero-order chi connectivity index (χ0) is 11.3. The summed E-state index contributed by atoms with van der Waals surface area (Å²) in [5.74, 6) is 0.893. The summed E-state index contributed by atoms with van der Waals surface area (Å²) in [6, 6.07) is 0.726. The van der Waals surface area contributed by atoms with Crippen molar-refractivity contribution < 1.29 is 4.74 Å². The Morgan fingerprint density at radius 2 is 2.20 bits per heavy atom. The second-order valence-electron chi connectivity index (χ2n) is 4.90. The molecule has 0 aromatic rings. The number of methoxy groups -OCH3 is 1. The Labute approximate surface area is 94.0 Å². The summed E-state index contributed by atoms with van der Waals surface area (Å²) in [5.41, 5.74) is 5.61. The van der Waals surface area contributed by atoms with Crippen LogP contribution in [0.5, 0.6) is 0 Å². The van der Waals surface area contributed by atoms with E-state index < -0.39 is 0 Å². The number of rotatable bonds is 5. The standard InChI is InChI=1S/C12H26N2O/c1-10-4-6-14(11(2)8-10)7-5-12(9-13)15-3/h10-12H,4-9,13H2,1-3H3. The number of likely N-dealkylation sites (tertiary alicyclic amines) is 1. The van der Waals surface area contributed by atoms with Crippen LogP contribution in [0.4, 0.5) is 0 Å². The van der Waals surface area contributed by atoms with Crippen molar-refractivity contribution in [3.63, 3.8) is 0 Å². The molecule has 3 atom stereocenters. The van der Waals surface area contributed by atoms with Crippen molar-refractivity contribution in [2.24, 2.45) is 11.7 Å². The maximum absolute atomic E-state index is 5.61. The second-order valence-corrected chi connectivity index (χ2v) is 4.90. The first-order valence-electron chi connectivity index (χ1n) is 6.14. The Morgan fingerprint density at radius 1 is 1.47 bits per heavy atom. The third-order valence-electron chi connectivity index (χ3n) is 3.61. The van der Waals surface area contributed by atoms with E-state index in [0.29, 0.717) is 6.54 Å². The Morgan fingerprint density at radius 3 is 2.73 bits per heavy atom. The minimum absolute atomic E-state index is 0.233. The average molecular weight is 214 g/mol. The van der Waals surface area contributed by atoms with Gasteiger partial charge in [0.2, 0.25) is 0 Å². The average Bonchev–Trinajstić information content (AvgIpc) is 2.22. The van der Waals surface area contributed by atoms with Crippen molar-refractivity contribution in [3.8, 4) is 0 Å². The van der Waals surface area contributed by atoms with E-state index in [1.54, 1.807) is 7.11 Å². The van der Waals surface area contributed by atoms with Crippen molar-refractivity contribution in [1.29, 1.82) is 0 Å². The van der Waals surface area contributed by atoms with E-state index in [0.717, 1.165) is 24.9 Å². The summed E-state index contributed by atoms with van der Waals surface area (Å²) < 4.78 is 5.30. The van der Waals surface area contributed by atoms with Gasteiger partial charge in [-0.15, -0.1) is 0 Å². The number of hydrogen-bond donors (Lipinski definition) is 1. The van der Waals surface area contributed by atoms with E-state index in [1.807, 2.05) is 0 Å². The molecular weight excluding hydrogens is 188 g/mol. The van der Waals surface area contributed by atoms with Crippen molar-refractivity contribution in [1.82, 2.24) is 4.90 Å². The van der Waals surface area contributed by atoms with Crippen molar-refractivity contribution in [3.05, 3.63) is 0 Å². The fraction of sp³-hybridized carbons (Fsp3) is 1.00. The van der Waals surface area contributed by atoms with Crippen LogP contribution in [0, 0.1) is 5.92 Å². The highest BCUT2D eigenvalue weighted by molar-refractivity contribution is 4.77. The van der Waals surface area contributed by atoms with Crippen LogP contribution < -0.4 is 5.73 Å². The van der Waals surface area contributed by atoms with Crippen LogP contribution in [0.15, 0.2) is 0 Å². The monoisotopic (exact) mass is 214 g/mol. The fourth-order valence-electron chi connectivity index (χ4n) is 2.43. The zero-order valence-electron chi connectivity index (χ0n) is 10.4. The first kappa shape index (κ1) is 12.9. The Bertz CT molecular complexity index is 171. The molecule has 0 aromatic carbocycles. The Kier molecular flexibility index (Phi) is 5.58. The largest absolute Gasteiger partial charge is 0.380 e. The molecule has 0 saturated carbocycles. The Balaban J connectivity index is 2.26. The molecule has 0 aliphatic carbocycles. The SMILES string of the molecule is COC(CN)CCN1CCC(C)CC1C. The third kappa shape index (κ3) is 4.09. The van der Waals surface area contributed by atoms with Gasteiger partial charge in [0.25, 0.3) is 0 Å².